The van der Waals surface area contributed by atoms with Crippen LogP contribution >= 0.6 is 0 Å². The Labute approximate surface area is 128 Å². The van der Waals surface area contributed by atoms with Crippen LogP contribution in [0.1, 0.15) is 41.5 Å². The standard InChI is InChI=1S/C17H39N3/c1-14(2)11-18-12-17(16(5)6)20(13-15(3)4)10-9-19(7)8/h14-18H,9-13H2,1-8H3. The summed E-state index contributed by atoms with van der Waals surface area (Å²) in [6, 6.07) is 0.635. The van der Waals surface area contributed by atoms with Crippen LogP contribution in [-0.2, 0) is 0 Å². The lowest BCUT2D eigenvalue weighted by Crippen LogP contribution is -2.49. The van der Waals surface area contributed by atoms with Crippen LogP contribution in [0.3, 0.4) is 0 Å². The monoisotopic (exact) mass is 285 g/mol. The number of hydrogen-bond donors (Lipinski definition) is 1. The zero-order valence-electron chi connectivity index (χ0n) is 15.2. The van der Waals surface area contributed by atoms with Gasteiger partial charge in [0.2, 0.25) is 0 Å². The average molecular weight is 286 g/mol. The normalized spacial score (nSPS) is 14.2. The molecule has 0 fully saturated rings. The Hall–Kier alpha value is -0.120. The molecule has 0 bridgehead atoms. The number of rotatable bonds is 11. The van der Waals surface area contributed by atoms with E-state index in [-0.39, 0.29) is 0 Å². The summed E-state index contributed by atoms with van der Waals surface area (Å²) in [7, 11) is 4.32. The van der Waals surface area contributed by atoms with Gasteiger partial charge in [0.15, 0.2) is 0 Å². The molecule has 3 nitrogen and oxygen atoms in total. The average Bonchev–Trinajstić information content (AvgIpc) is 2.29. The highest BCUT2D eigenvalue weighted by atomic mass is 15.2. The largest absolute Gasteiger partial charge is 0.315 e. The molecule has 122 valence electrons. The molecule has 0 aliphatic heterocycles. The van der Waals surface area contributed by atoms with Crippen LogP contribution in [0.15, 0.2) is 0 Å². The molecule has 0 saturated carbocycles. The van der Waals surface area contributed by atoms with E-state index in [1.165, 1.54) is 6.54 Å². The summed E-state index contributed by atoms with van der Waals surface area (Å²) in [5.74, 6) is 2.14. The van der Waals surface area contributed by atoms with Gasteiger partial charge in [-0.2, -0.15) is 0 Å². The molecule has 1 N–H and O–H groups in total. The molecule has 1 unspecified atom stereocenters. The second-order valence-corrected chi connectivity index (χ2v) is 7.56. The molecule has 0 heterocycles. The lowest BCUT2D eigenvalue weighted by Gasteiger charge is -2.36. The Morgan fingerprint density at radius 2 is 1.40 bits per heavy atom. The van der Waals surface area contributed by atoms with Gasteiger partial charge in [0.25, 0.3) is 0 Å². The zero-order valence-corrected chi connectivity index (χ0v) is 15.2. The molecule has 0 aromatic rings. The van der Waals surface area contributed by atoms with Gasteiger partial charge in [0.1, 0.15) is 0 Å². The van der Waals surface area contributed by atoms with Crippen molar-refractivity contribution in [1.82, 2.24) is 15.1 Å². The lowest BCUT2D eigenvalue weighted by molar-refractivity contribution is 0.124. The molecular weight excluding hydrogens is 246 g/mol. The van der Waals surface area contributed by atoms with Crippen molar-refractivity contribution in [2.24, 2.45) is 17.8 Å². The van der Waals surface area contributed by atoms with Gasteiger partial charge in [-0.3, -0.25) is 4.90 Å². The van der Waals surface area contributed by atoms with Crippen LogP contribution < -0.4 is 5.32 Å². The summed E-state index contributed by atoms with van der Waals surface area (Å²) in [5.41, 5.74) is 0. The van der Waals surface area contributed by atoms with Crippen molar-refractivity contribution >= 4 is 0 Å². The third kappa shape index (κ3) is 9.73. The number of nitrogens with one attached hydrogen (secondary N) is 1. The van der Waals surface area contributed by atoms with Gasteiger partial charge < -0.3 is 10.2 Å². The first-order valence-electron chi connectivity index (χ1n) is 8.33. The van der Waals surface area contributed by atoms with Gasteiger partial charge >= 0.3 is 0 Å². The summed E-state index contributed by atoms with van der Waals surface area (Å²) in [6.07, 6.45) is 0. The predicted octanol–water partition coefficient (Wildman–Crippen LogP) is 2.78. The van der Waals surface area contributed by atoms with Crippen molar-refractivity contribution in [2.75, 3.05) is 46.8 Å². The van der Waals surface area contributed by atoms with Crippen LogP contribution in [0, 0.1) is 17.8 Å². The quantitative estimate of drug-likeness (QED) is 0.630. The zero-order chi connectivity index (χ0) is 15.7. The first-order chi connectivity index (χ1) is 9.23. The molecule has 0 aromatic carbocycles. The first kappa shape index (κ1) is 19.9. The molecule has 3 heteroatoms. The highest BCUT2D eigenvalue weighted by Crippen LogP contribution is 2.13. The van der Waals surface area contributed by atoms with E-state index < -0.39 is 0 Å². The van der Waals surface area contributed by atoms with E-state index >= 15 is 0 Å². The van der Waals surface area contributed by atoms with Gasteiger partial charge in [-0.15, -0.1) is 0 Å². The van der Waals surface area contributed by atoms with Crippen molar-refractivity contribution in [3.05, 3.63) is 0 Å². The topological polar surface area (TPSA) is 18.5 Å². The van der Waals surface area contributed by atoms with Gasteiger partial charge in [-0.1, -0.05) is 41.5 Å². The molecule has 0 aromatic heterocycles. The highest BCUT2D eigenvalue weighted by Gasteiger charge is 2.22. The summed E-state index contributed by atoms with van der Waals surface area (Å²) >= 11 is 0. The van der Waals surface area contributed by atoms with E-state index in [1.54, 1.807) is 0 Å². The van der Waals surface area contributed by atoms with E-state index in [0.29, 0.717) is 12.0 Å². The summed E-state index contributed by atoms with van der Waals surface area (Å²) in [4.78, 5) is 4.97. The SMILES string of the molecule is CC(C)CNCC(C(C)C)N(CCN(C)C)CC(C)C. The number of nitrogens with zero attached hydrogens (tertiary/aromatic N) is 2. The maximum Gasteiger partial charge on any atom is 0.0244 e. The minimum Gasteiger partial charge on any atom is -0.315 e. The van der Waals surface area contributed by atoms with Crippen molar-refractivity contribution in [1.29, 1.82) is 0 Å². The number of hydrogen-bond acceptors (Lipinski definition) is 3. The first-order valence-corrected chi connectivity index (χ1v) is 8.33. The molecule has 0 spiro atoms. The van der Waals surface area contributed by atoms with Crippen LogP contribution in [-0.4, -0.2) is 62.7 Å². The Morgan fingerprint density at radius 3 is 1.80 bits per heavy atom. The van der Waals surface area contributed by atoms with E-state index in [4.69, 9.17) is 0 Å². The van der Waals surface area contributed by atoms with Crippen molar-refractivity contribution in [3.8, 4) is 0 Å². The molecule has 0 rings (SSSR count). The van der Waals surface area contributed by atoms with Gasteiger partial charge in [0.05, 0.1) is 0 Å². The fourth-order valence-corrected chi connectivity index (χ4v) is 2.50. The van der Waals surface area contributed by atoms with Crippen molar-refractivity contribution < 1.29 is 0 Å². The minimum absolute atomic E-state index is 0.635. The van der Waals surface area contributed by atoms with E-state index in [1.807, 2.05) is 0 Å². The molecule has 0 saturated heterocycles. The van der Waals surface area contributed by atoms with Gasteiger partial charge in [-0.05, 0) is 38.4 Å². The maximum atomic E-state index is 3.65. The Morgan fingerprint density at radius 1 is 0.800 bits per heavy atom. The predicted molar refractivity (Wildman–Crippen MR) is 91.3 cm³/mol. The fraction of sp³-hybridized carbons (Fsp3) is 1.00. The highest BCUT2D eigenvalue weighted by molar-refractivity contribution is 4.79. The van der Waals surface area contributed by atoms with Crippen LogP contribution in [0.25, 0.3) is 0 Å². The van der Waals surface area contributed by atoms with Crippen LogP contribution in [0.4, 0.5) is 0 Å². The van der Waals surface area contributed by atoms with Crippen LogP contribution in [0.2, 0.25) is 0 Å². The molecule has 0 aliphatic carbocycles. The molecule has 0 radical (unpaired) electrons. The smallest absolute Gasteiger partial charge is 0.0244 e. The van der Waals surface area contributed by atoms with Crippen LogP contribution in [0.5, 0.6) is 0 Å². The van der Waals surface area contributed by atoms with E-state index in [2.05, 4.69) is 70.8 Å². The summed E-state index contributed by atoms with van der Waals surface area (Å²) in [5, 5.41) is 3.65. The second kappa shape index (κ2) is 10.6. The van der Waals surface area contributed by atoms with E-state index in [9.17, 15) is 0 Å². The molecule has 1 atom stereocenters. The van der Waals surface area contributed by atoms with E-state index in [0.717, 1.165) is 38.0 Å². The van der Waals surface area contributed by atoms with Gasteiger partial charge in [-0.25, -0.2) is 0 Å². The second-order valence-electron chi connectivity index (χ2n) is 7.56. The summed E-state index contributed by atoms with van der Waals surface area (Å²) in [6.45, 7) is 19.6. The summed E-state index contributed by atoms with van der Waals surface area (Å²) < 4.78 is 0. The Kier molecular flexibility index (Phi) is 10.5. The molecular formula is C17H39N3. The number of likely N-dealkylation sites (N-methyl/N-ethyl adjacent to an activating group) is 1. The van der Waals surface area contributed by atoms with Crippen molar-refractivity contribution in [2.45, 2.75) is 47.6 Å². The Bertz CT molecular complexity index is 224. The minimum atomic E-state index is 0.635. The third-order valence-electron chi connectivity index (χ3n) is 3.58. The fourth-order valence-electron chi connectivity index (χ4n) is 2.50. The van der Waals surface area contributed by atoms with Gasteiger partial charge in [0, 0.05) is 32.2 Å². The molecule has 0 aliphatic rings. The third-order valence-corrected chi connectivity index (χ3v) is 3.58. The molecule has 0 amide bonds. The Balaban J connectivity index is 4.55. The molecule has 20 heavy (non-hydrogen) atoms. The van der Waals surface area contributed by atoms with Crippen molar-refractivity contribution in [3.63, 3.8) is 0 Å². The lowest BCUT2D eigenvalue weighted by atomic mass is 10.0. The maximum absolute atomic E-state index is 3.65.